The van der Waals surface area contributed by atoms with Crippen molar-refractivity contribution in [1.82, 2.24) is 0 Å². The summed E-state index contributed by atoms with van der Waals surface area (Å²) in [5.41, 5.74) is 1.42. The van der Waals surface area contributed by atoms with E-state index in [1.54, 1.807) is 0 Å². The van der Waals surface area contributed by atoms with Crippen molar-refractivity contribution in [2.24, 2.45) is 0 Å². The van der Waals surface area contributed by atoms with E-state index in [0.29, 0.717) is 16.6 Å². The van der Waals surface area contributed by atoms with Gasteiger partial charge in [-0.05, 0) is 62.3 Å². The van der Waals surface area contributed by atoms with Crippen LogP contribution in [0.25, 0.3) is 0 Å². The standard InChI is InChI=1S/C12H36B3N3/c1-10(2,3)16-13-17(11(4,5)6)15-18(14-16)12(7,8)9/h16-18H,13-15H2,1-9H3. The van der Waals surface area contributed by atoms with Gasteiger partial charge in [-0.15, -0.1) is 0 Å². The second-order valence-corrected chi connectivity index (χ2v) is 10.5. The molecule has 6 heteroatoms. The lowest BCUT2D eigenvalue weighted by Crippen LogP contribution is -3.58. The smallest absolute Gasteiger partial charge is 0.310 e. The fourth-order valence-electron chi connectivity index (χ4n) is 4.31. The van der Waals surface area contributed by atoms with Gasteiger partial charge in [0.1, 0.15) is 0 Å². The summed E-state index contributed by atoms with van der Waals surface area (Å²) in [7, 11) is 0.303. The second-order valence-electron chi connectivity index (χ2n) is 10.5. The number of hydrogen-bond donors (Lipinski definition) is 3. The van der Waals surface area contributed by atoms with Crippen LogP contribution >= 0.6 is 0 Å². The molecule has 0 aliphatic carbocycles. The van der Waals surface area contributed by atoms with E-state index in [4.69, 9.17) is 0 Å². The van der Waals surface area contributed by atoms with E-state index < -0.39 is 0 Å². The molecule has 0 unspecified atom stereocenters. The van der Waals surface area contributed by atoms with E-state index >= 15 is 0 Å². The fourth-order valence-corrected chi connectivity index (χ4v) is 4.31. The van der Waals surface area contributed by atoms with E-state index in [1.807, 2.05) is 14.2 Å². The van der Waals surface area contributed by atoms with Crippen LogP contribution in [-0.2, 0) is 0 Å². The Morgan fingerprint density at radius 3 is 0.722 bits per heavy atom. The maximum atomic E-state index is 2.45. The first-order valence-electron chi connectivity index (χ1n) is 8.25. The minimum Gasteiger partial charge on any atom is -0.632 e. The van der Waals surface area contributed by atoms with Gasteiger partial charge in [0, 0.05) is 16.6 Å². The number of rotatable bonds is 0. The Labute approximate surface area is 116 Å². The highest BCUT2D eigenvalue weighted by Gasteiger charge is 2.34. The summed E-state index contributed by atoms with van der Waals surface area (Å²) >= 11 is 0. The summed E-state index contributed by atoms with van der Waals surface area (Å²) in [6, 6.07) is 0. The zero-order valence-corrected chi connectivity index (χ0v) is 15.0. The SMILES string of the molecule is CC(C)(C)[NH+]1[BH2-][NH+](C(C)(C)C)[BH2-][NH+](C(C)(C)C)[BH2-]1. The maximum absolute atomic E-state index is 2.45. The third-order valence-electron chi connectivity index (χ3n) is 6.75. The number of nitrogens with one attached hydrogen (secondary N) is 3. The zero-order valence-electron chi connectivity index (χ0n) is 15.0. The average molecular weight is 255 g/mol. The molecule has 1 rings (SSSR count). The van der Waals surface area contributed by atoms with Crippen molar-refractivity contribution in [2.75, 3.05) is 0 Å². The van der Waals surface area contributed by atoms with Gasteiger partial charge in [-0.2, -0.15) is 0 Å². The molecule has 3 nitrogen and oxygen atoms in total. The van der Waals surface area contributed by atoms with Crippen molar-refractivity contribution >= 4 is 22.6 Å². The molecule has 0 amide bonds. The number of quaternary nitrogens is 3. The highest BCUT2D eigenvalue weighted by Crippen LogP contribution is 1.95. The molecular weight excluding hydrogens is 219 g/mol. The molecule has 108 valence electrons. The summed E-state index contributed by atoms with van der Waals surface area (Å²) in [6.45, 7) is 22.0. The first kappa shape index (κ1) is 16.1. The highest BCUT2D eigenvalue weighted by atomic mass is 15.3. The van der Waals surface area contributed by atoms with Gasteiger partial charge in [0.2, 0.25) is 0 Å². The lowest BCUT2D eigenvalue weighted by atomic mass is 9.65. The highest BCUT2D eigenvalue weighted by molar-refractivity contribution is 6.42. The van der Waals surface area contributed by atoms with E-state index in [9.17, 15) is 0 Å². The van der Waals surface area contributed by atoms with Gasteiger partial charge in [0.15, 0.2) is 0 Å². The summed E-state index contributed by atoms with van der Waals surface area (Å²) in [6.07, 6.45) is 0. The van der Waals surface area contributed by atoms with Gasteiger partial charge < -0.3 is 14.2 Å². The second kappa shape index (κ2) is 4.88. The Morgan fingerprint density at radius 2 is 0.611 bits per heavy atom. The zero-order chi connectivity index (χ0) is 14.4. The predicted molar refractivity (Wildman–Crippen MR) is 87.8 cm³/mol. The molecule has 0 bridgehead atoms. The van der Waals surface area contributed by atoms with Crippen LogP contribution in [0, 0.1) is 0 Å². The lowest BCUT2D eigenvalue weighted by molar-refractivity contribution is -0.950. The minimum atomic E-state index is 0.101. The van der Waals surface area contributed by atoms with Crippen molar-refractivity contribution in [3.8, 4) is 0 Å². The average Bonchev–Trinajstić information content (AvgIpc) is 2.13. The van der Waals surface area contributed by atoms with E-state index in [2.05, 4.69) is 62.3 Å². The molecule has 0 saturated carbocycles. The summed E-state index contributed by atoms with van der Waals surface area (Å²) in [4.78, 5) is 0. The van der Waals surface area contributed by atoms with Gasteiger partial charge in [-0.25, -0.2) is 0 Å². The van der Waals surface area contributed by atoms with Gasteiger partial charge in [-0.3, -0.25) is 0 Å². The Hall–Kier alpha value is 0.0748. The van der Waals surface area contributed by atoms with Crippen molar-refractivity contribution in [3.05, 3.63) is 0 Å². The molecule has 1 heterocycles. The Bertz CT molecular complexity index is 235. The van der Waals surface area contributed by atoms with Gasteiger partial charge in [0.05, 0.1) is 0 Å². The molecule has 1 aliphatic rings. The van der Waals surface area contributed by atoms with Crippen molar-refractivity contribution in [1.29, 1.82) is 0 Å². The van der Waals surface area contributed by atoms with Gasteiger partial charge >= 0.3 is 22.6 Å². The Balaban J connectivity index is 2.93. The maximum Gasteiger partial charge on any atom is 0.310 e. The fraction of sp³-hybridized carbons (Fsp3) is 1.00. The molecule has 3 N–H and O–H groups in total. The predicted octanol–water partition coefficient (Wildman–Crippen LogP) is -3.95. The topological polar surface area (TPSA) is 13.3 Å². The molecule has 1 saturated heterocycles. The van der Waals surface area contributed by atoms with Crippen LogP contribution in [0.15, 0.2) is 0 Å². The van der Waals surface area contributed by atoms with Gasteiger partial charge in [-0.1, -0.05) is 0 Å². The molecule has 18 heavy (non-hydrogen) atoms. The minimum absolute atomic E-state index is 0.101. The van der Waals surface area contributed by atoms with Crippen LogP contribution in [0.3, 0.4) is 0 Å². The van der Waals surface area contributed by atoms with Crippen molar-refractivity contribution in [3.63, 3.8) is 0 Å². The first-order valence-corrected chi connectivity index (χ1v) is 8.25. The summed E-state index contributed by atoms with van der Waals surface area (Å²) in [5.74, 6) is 0. The first-order chi connectivity index (χ1) is 7.82. The van der Waals surface area contributed by atoms with E-state index in [0.717, 1.165) is 0 Å². The monoisotopic (exact) mass is 255 g/mol. The molecule has 0 radical (unpaired) electrons. The van der Waals surface area contributed by atoms with Crippen molar-refractivity contribution in [2.45, 2.75) is 78.9 Å². The van der Waals surface area contributed by atoms with Crippen LogP contribution in [0.2, 0.25) is 0 Å². The quantitative estimate of drug-likeness (QED) is 0.366. The van der Waals surface area contributed by atoms with Crippen LogP contribution in [-0.4, -0.2) is 39.3 Å². The van der Waals surface area contributed by atoms with E-state index in [1.165, 1.54) is 0 Å². The number of hydrogen-bond acceptors (Lipinski definition) is 0. The molecule has 0 aromatic rings. The molecule has 0 atom stereocenters. The molecule has 1 aliphatic heterocycles. The summed E-state index contributed by atoms with van der Waals surface area (Å²) in [5, 5.41) is 0. The van der Waals surface area contributed by atoms with Crippen LogP contribution < -0.4 is 14.2 Å². The van der Waals surface area contributed by atoms with Gasteiger partial charge in [0.25, 0.3) is 0 Å². The Kier molecular flexibility index (Phi) is 4.37. The molecular formula is C12H36B3N3. The normalized spacial score (nSPS) is 31.5. The van der Waals surface area contributed by atoms with Crippen LogP contribution in [0.5, 0.6) is 0 Å². The molecule has 0 spiro atoms. The van der Waals surface area contributed by atoms with Crippen LogP contribution in [0.1, 0.15) is 62.3 Å². The van der Waals surface area contributed by atoms with Crippen molar-refractivity contribution < 1.29 is 14.2 Å². The Morgan fingerprint density at radius 1 is 0.444 bits per heavy atom. The third-order valence-corrected chi connectivity index (χ3v) is 6.75. The molecule has 0 aromatic carbocycles. The lowest BCUT2D eigenvalue weighted by Gasteiger charge is -2.64. The third kappa shape index (κ3) is 4.04. The van der Waals surface area contributed by atoms with Crippen LogP contribution in [0.4, 0.5) is 0 Å². The van der Waals surface area contributed by atoms with E-state index in [-0.39, 0.29) is 22.6 Å². The largest absolute Gasteiger partial charge is 0.632 e. The summed E-state index contributed by atoms with van der Waals surface area (Å²) < 4.78 is 6.02. The molecule has 1 fully saturated rings. The molecule has 0 aromatic heterocycles.